The summed E-state index contributed by atoms with van der Waals surface area (Å²) in [7, 11) is 1.34. The quantitative estimate of drug-likeness (QED) is 0.773. The number of carbonyl (C=O) groups is 1. The number of methoxy groups -OCH3 is 1. The van der Waals surface area contributed by atoms with Crippen molar-refractivity contribution in [1.82, 2.24) is 0 Å². The maximum Gasteiger partial charge on any atom is 0.322 e. The summed E-state index contributed by atoms with van der Waals surface area (Å²) in [5.74, 6) is -0.257. The van der Waals surface area contributed by atoms with Crippen molar-refractivity contribution in [3.63, 3.8) is 0 Å². The molecule has 1 rings (SSSR count). The second kappa shape index (κ2) is 7.89. The summed E-state index contributed by atoms with van der Waals surface area (Å²) in [4.78, 5) is 11.3. The van der Waals surface area contributed by atoms with E-state index in [0.29, 0.717) is 24.3 Å². The van der Waals surface area contributed by atoms with Crippen molar-refractivity contribution in [1.29, 1.82) is 0 Å². The van der Waals surface area contributed by atoms with E-state index in [0.717, 1.165) is 12.8 Å². The van der Waals surface area contributed by atoms with Crippen LogP contribution in [-0.4, -0.2) is 19.1 Å². The summed E-state index contributed by atoms with van der Waals surface area (Å²) in [6.45, 7) is 2.05. The van der Waals surface area contributed by atoms with Crippen LogP contribution in [0.15, 0.2) is 24.3 Å². The average Bonchev–Trinajstić information content (AvgIpc) is 2.43. The van der Waals surface area contributed by atoms with Crippen LogP contribution in [0.2, 0.25) is 0 Å². The molecule has 0 fully saturated rings. The Kier molecular flexibility index (Phi) is 6.50. The Labute approximate surface area is 113 Å². The van der Waals surface area contributed by atoms with E-state index >= 15 is 0 Å². The highest BCUT2D eigenvalue weighted by Gasteiger charge is 2.19. The molecule has 2 N–H and O–H groups in total. The molecule has 0 saturated carbocycles. The minimum absolute atomic E-state index is 0.172. The van der Waals surface area contributed by atoms with Crippen LogP contribution in [0.4, 0.5) is 4.39 Å². The molecule has 0 aliphatic carbocycles. The van der Waals surface area contributed by atoms with Gasteiger partial charge in [0.2, 0.25) is 0 Å². The zero-order valence-electron chi connectivity index (χ0n) is 11.6. The van der Waals surface area contributed by atoms with E-state index in [-0.39, 0.29) is 11.8 Å². The monoisotopic (exact) mass is 267 g/mol. The fraction of sp³-hybridized carbons (Fsp3) is 0.533. The first-order chi connectivity index (χ1) is 9.08. The smallest absolute Gasteiger partial charge is 0.322 e. The SMILES string of the molecule is CCC(CCc1ccccc1F)CC(N)C(=O)OC. The van der Waals surface area contributed by atoms with E-state index in [1.807, 2.05) is 6.07 Å². The lowest BCUT2D eigenvalue weighted by atomic mass is 9.91. The molecule has 106 valence electrons. The first-order valence-corrected chi connectivity index (χ1v) is 6.65. The lowest BCUT2D eigenvalue weighted by Crippen LogP contribution is -2.33. The average molecular weight is 267 g/mol. The number of rotatable bonds is 7. The molecule has 0 radical (unpaired) electrons. The van der Waals surface area contributed by atoms with Crippen molar-refractivity contribution in [3.8, 4) is 0 Å². The number of ether oxygens (including phenoxy) is 1. The van der Waals surface area contributed by atoms with E-state index in [1.54, 1.807) is 12.1 Å². The number of esters is 1. The summed E-state index contributed by atoms with van der Waals surface area (Å²) in [6.07, 6.45) is 2.98. The van der Waals surface area contributed by atoms with Crippen LogP contribution in [0.25, 0.3) is 0 Å². The standard InChI is InChI=1S/C15H22FNO2/c1-3-11(10-14(17)15(18)19-2)8-9-12-6-4-5-7-13(12)16/h4-7,11,14H,3,8-10,17H2,1-2H3. The van der Waals surface area contributed by atoms with Gasteiger partial charge in [-0.3, -0.25) is 4.79 Å². The zero-order chi connectivity index (χ0) is 14.3. The first kappa shape index (κ1) is 15.6. The molecule has 0 aromatic heterocycles. The van der Waals surface area contributed by atoms with Crippen molar-refractivity contribution in [2.24, 2.45) is 11.7 Å². The van der Waals surface area contributed by atoms with Gasteiger partial charge in [-0.05, 0) is 36.8 Å². The number of hydrogen-bond donors (Lipinski definition) is 1. The van der Waals surface area contributed by atoms with Crippen molar-refractivity contribution >= 4 is 5.97 Å². The molecule has 0 amide bonds. The second-order valence-electron chi connectivity index (χ2n) is 4.77. The van der Waals surface area contributed by atoms with Crippen LogP contribution in [-0.2, 0) is 16.0 Å². The van der Waals surface area contributed by atoms with Gasteiger partial charge in [-0.1, -0.05) is 31.5 Å². The summed E-state index contributed by atoms with van der Waals surface area (Å²) < 4.78 is 18.1. The molecule has 4 heteroatoms. The number of nitrogens with two attached hydrogens (primary N) is 1. The molecular weight excluding hydrogens is 245 g/mol. The highest BCUT2D eigenvalue weighted by atomic mass is 19.1. The number of aryl methyl sites for hydroxylation is 1. The molecule has 0 saturated heterocycles. The lowest BCUT2D eigenvalue weighted by Gasteiger charge is -2.18. The predicted molar refractivity (Wildman–Crippen MR) is 73.1 cm³/mol. The van der Waals surface area contributed by atoms with E-state index in [9.17, 15) is 9.18 Å². The number of hydrogen-bond acceptors (Lipinski definition) is 3. The van der Waals surface area contributed by atoms with Crippen LogP contribution in [0.1, 0.15) is 31.7 Å². The summed E-state index contributed by atoms with van der Waals surface area (Å²) >= 11 is 0. The second-order valence-corrected chi connectivity index (χ2v) is 4.77. The number of benzene rings is 1. The molecule has 19 heavy (non-hydrogen) atoms. The van der Waals surface area contributed by atoms with Gasteiger partial charge >= 0.3 is 5.97 Å². The summed E-state index contributed by atoms with van der Waals surface area (Å²) in [5.41, 5.74) is 6.47. The highest BCUT2D eigenvalue weighted by molar-refractivity contribution is 5.75. The normalized spacial score (nSPS) is 13.9. The van der Waals surface area contributed by atoms with E-state index < -0.39 is 6.04 Å². The third-order valence-corrected chi connectivity index (χ3v) is 3.45. The molecule has 3 nitrogen and oxygen atoms in total. The Morgan fingerprint density at radius 1 is 1.42 bits per heavy atom. The van der Waals surface area contributed by atoms with Gasteiger partial charge in [0.15, 0.2) is 0 Å². The zero-order valence-corrected chi connectivity index (χ0v) is 11.6. The molecule has 0 aliphatic heterocycles. The van der Waals surface area contributed by atoms with Gasteiger partial charge in [-0.15, -0.1) is 0 Å². The largest absolute Gasteiger partial charge is 0.468 e. The van der Waals surface area contributed by atoms with Crippen molar-refractivity contribution in [3.05, 3.63) is 35.6 Å². The molecule has 0 aliphatic rings. The van der Waals surface area contributed by atoms with Gasteiger partial charge in [0.1, 0.15) is 11.9 Å². The summed E-state index contributed by atoms with van der Waals surface area (Å²) in [5, 5.41) is 0. The molecule has 1 aromatic rings. The Morgan fingerprint density at radius 3 is 2.68 bits per heavy atom. The fourth-order valence-electron chi connectivity index (χ4n) is 2.16. The topological polar surface area (TPSA) is 52.3 Å². The summed E-state index contributed by atoms with van der Waals surface area (Å²) in [6, 6.07) is 6.19. The predicted octanol–water partition coefficient (Wildman–Crippen LogP) is 2.67. The molecule has 0 bridgehead atoms. The van der Waals surface area contributed by atoms with Gasteiger partial charge in [-0.2, -0.15) is 0 Å². The van der Waals surface area contributed by atoms with Gasteiger partial charge < -0.3 is 10.5 Å². The van der Waals surface area contributed by atoms with Gasteiger partial charge in [0, 0.05) is 0 Å². The van der Waals surface area contributed by atoms with E-state index in [1.165, 1.54) is 13.2 Å². The molecule has 2 atom stereocenters. The maximum absolute atomic E-state index is 13.5. The Hall–Kier alpha value is -1.42. The molecule has 0 spiro atoms. The van der Waals surface area contributed by atoms with Crippen molar-refractivity contribution < 1.29 is 13.9 Å². The van der Waals surface area contributed by atoms with Crippen LogP contribution in [0, 0.1) is 11.7 Å². The lowest BCUT2D eigenvalue weighted by molar-refractivity contribution is -0.142. The minimum atomic E-state index is -0.587. The third-order valence-electron chi connectivity index (χ3n) is 3.45. The Morgan fingerprint density at radius 2 is 2.11 bits per heavy atom. The highest BCUT2D eigenvalue weighted by Crippen LogP contribution is 2.19. The molecule has 0 heterocycles. The third kappa shape index (κ3) is 4.99. The van der Waals surface area contributed by atoms with Crippen LogP contribution < -0.4 is 5.73 Å². The number of halogens is 1. The van der Waals surface area contributed by atoms with E-state index in [4.69, 9.17) is 5.73 Å². The van der Waals surface area contributed by atoms with Gasteiger partial charge in [0.25, 0.3) is 0 Å². The Balaban J connectivity index is 2.49. The van der Waals surface area contributed by atoms with Crippen LogP contribution >= 0.6 is 0 Å². The fourth-order valence-corrected chi connectivity index (χ4v) is 2.16. The van der Waals surface area contributed by atoms with Crippen LogP contribution in [0.3, 0.4) is 0 Å². The maximum atomic E-state index is 13.5. The minimum Gasteiger partial charge on any atom is -0.468 e. The van der Waals surface area contributed by atoms with Crippen molar-refractivity contribution in [2.75, 3.05) is 7.11 Å². The molecule has 2 unspecified atom stereocenters. The first-order valence-electron chi connectivity index (χ1n) is 6.65. The van der Waals surface area contributed by atoms with Crippen LogP contribution in [0.5, 0.6) is 0 Å². The van der Waals surface area contributed by atoms with Gasteiger partial charge in [0.05, 0.1) is 7.11 Å². The van der Waals surface area contributed by atoms with Gasteiger partial charge in [-0.25, -0.2) is 4.39 Å². The Bertz CT molecular complexity index is 409. The molecular formula is C15H22FNO2. The van der Waals surface area contributed by atoms with E-state index in [2.05, 4.69) is 11.7 Å². The number of carbonyl (C=O) groups excluding carboxylic acids is 1. The molecule has 1 aromatic carbocycles. The van der Waals surface area contributed by atoms with Crippen molar-refractivity contribution in [2.45, 2.75) is 38.6 Å².